The Labute approximate surface area is 164 Å². The maximum Gasteiger partial charge on any atom is 0.159 e. The fourth-order valence-corrected chi connectivity index (χ4v) is 4.25. The summed E-state index contributed by atoms with van der Waals surface area (Å²) in [5.74, 6) is 0. The molecule has 1 aliphatic rings. The molecule has 2 heterocycles. The minimum Gasteiger partial charge on any atom is -0.237 e. The largest absolute Gasteiger partial charge is 0.237 e. The summed E-state index contributed by atoms with van der Waals surface area (Å²) in [6.07, 6.45) is 8.71. The Balaban J connectivity index is 0.000000145. The highest BCUT2D eigenvalue weighted by Crippen LogP contribution is 2.33. The van der Waals surface area contributed by atoms with Crippen LogP contribution in [0.25, 0.3) is 32.6 Å². The first kappa shape index (κ1) is 16.9. The number of aryl methyl sites for hydroxylation is 2. The topological polar surface area (TPSA) is 25.8 Å². The van der Waals surface area contributed by atoms with Gasteiger partial charge in [0.05, 0.1) is 0 Å². The Morgan fingerprint density at radius 1 is 0.536 bits per heavy atom. The Morgan fingerprint density at radius 2 is 1.25 bits per heavy atom. The van der Waals surface area contributed by atoms with E-state index in [-0.39, 0.29) is 0 Å². The molecule has 0 fully saturated rings. The van der Waals surface area contributed by atoms with Crippen LogP contribution in [0.15, 0.2) is 85.2 Å². The molecular weight excluding hydrogens is 340 g/mol. The van der Waals surface area contributed by atoms with Gasteiger partial charge in [-0.1, -0.05) is 48.5 Å². The van der Waals surface area contributed by atoms with Gasteiger partial charge in [0.15, 0.2) is 5.65 Å². The molecule has 2 heteroatoms. The number of fused-ring (bicyclic) bond motifs is 6. The van der Waals surface area contributed by atoms with Crippen LogP contribution in [0.5, 0.6) is 0 Å². The first-order chi connectivity index (χ1) is 13.9. The van der Waals surface area contributed by atoms with Crippen molar-refractivity contribution in [3.63, 3.8) is 0 Å². The molecule has 3 aromatic carbocycles. The van der Waals surface area contributed by atoms with Crippen LogP contribution in [0.3, 0.4) is 0 Å². The van der Waals surface area contributed by atoms with Crippen LogP contribution in [0, 0.1) is 0 Å². The van der Waals surface area contributed by atoms with Gasteiger partial charge in [0.25, 0.3) is 0 Å². The average molecular weight is 362 g/mol. The SMILES string of the molecule is c1ccc2c(c1)ccc1c3c(ccc12)CCCC3.c1cnc2ncccc2c1. The zero-order chi connectivity index (χ0) is 18.8. The molecule has 2 nitrogen and oxygen atoms in total. The maximum absolute atomic E-state index is 4.07. The molecule has 0 saturated carbocycles. The van der Waals surface area contributed by atoms with Crippen LogP contribution in [0.2, 0.25) is 0 Å². The van der Waals surface area contributed by atoms with E-state index < -0.39 is 0 Å². The van der Waals surface area contributed by atoms with E-state index in [0.717, 1.165) is 11.0 Å². The lowest BCUT2D eigenvalue weighted by Gasteiger charge is -2.18. The average Bonchev–Trinajstić information content (AvgIpc) is 2.79. The maximum atomic E-state index is 4.07. The molecule has 2 aromatic heterocycles. The third kappa shape index (κ3) is 3.11. The Hall–Kier alpha value is -3.26. The second kappa shape index (κ2) is 7.40. The Morgan fingerprint density at radius 3 is 2.07 bits per heavy atom. The molecule has 0 spiro atoms. The molecule has 0 amide bonds. The van der Waals surface area contributed by atoms with E-state index in [4.69, 9.17) is 0 Å². The molecule has 0 radical (unpaired) electrons. The van der Waals surface area contributed by atoms with Gasteiger partial charge in [-0.05, 0) is 82.6 Å². The lowest BCUT2D eigenvalue weighted by molar-refractivity contribution is 0.690. The number of benzene rings is 3. The fourth-order valence-electron chi connectivity index (χ4n) is 4.25. The second-order valence-corrected chi connectivity index (χ2v) is 7.35. The summed E-state index contributed by atoms with van der Waals surface area (Å²) in [5.41, 5.74) is 3.98. The van der Waals surface area contributed by atoms with Crippen LogP contribution < -0.4 is 0 Å². The predicted molar refractivity (Wildman–Crippen MR) is 118 cm³/mol. The van der Waals surface area contributed by atoms with E-state index >= 15 is 0 Å². The molecule has 0 unspecified atom stereocenters. The Kier molecular flexibility index (Phi) is 4.46. The molecule has 28 heavy (non-hydrogen) atoms. The summed E-state index contributed by atoms with van der Waals surface area (Å²) in [6, 6.07) is 25.8. The number of aromatic nitrogens is 2. The molecule has 0 aliphatic heterocycles. The van der Waals surface area contributed by atoms with Crippen LogP contribution in [-0.4, -0.2) is 9.97 Å². The number of hydrogen-bond acceptors (Lipinski definition) is 2. The highest BCUT2D eigenvalue weighted by molar-refractivity contribution is 6.08. The monoisotopic (exact) mass is 362 g/mol. The van der Waals surface area contributed by atoms with E-state index in [2.05, 4.69) is 58.5 Å². The van der Waals surface area contributed by atoms with Crippen molar-refractivity contribution in [3.05, 3.63) is 96.3 Å². The van der Waals surface area contributed by atoms with Gasteiger partial charge in [-0.25, -0.2) is 9.97 Å². The zero-order valence-electron chi connectivity index (χ0n) is 15.8. The molecule has 5 aromatic rings. The molecule has 1 aliphatic carbocycles. The van der Waals surface area contributed by atoms with Crippen molar-refractivity contribution in [2.75, 3.05) is 0 Å². The number of pyridine rings is 2. The number of hydrogen-bond donors (Lipinski definition) is 0. The van der Waals surface area contributed by atoms with E-state index in [1.54, 1.807) is 23.5 Å². The van der Waals surface area contributed by atoms with E-state index in [9.17, 15) is 0 Å². The van der Waals surface area contributed by atoms with Gasteiger partial charge in [-0.3, -0.25) is 0 Å². The molecule has 136 valence electrons. The fraction of sp³-hybridized carbons (Fsp3) is 0.154. The van der Waals surface area contributed by atoms with Crippen LogP contribution >= 0.6 is 0 Å². The summed E-state index contributed by atoms with van der Waals surface area (Å²) in [6.45, 7) is 0. The quantitative estimate of drug-likeness (QED) is 0.294. The van der Waals surface area contributed by atoms with Crippen LogP contribution in [0.4, 0.5) is 0 Å². The van der Waals surface area contributed by atoms with Gasteiger partial charge in [0.2, 0.25) is 0 Å². The zero-order valence-corrected chi connectivity index (χ0v) is 15.8. The van der Waals surface area contributed by atoms with Crippen LogP contribution in [0.1, 0.15) is 24.0 Å². The molecule has 0 bridgehead atoms. The summed E-state index contributed by atoms with van der Waals surface area (Å²) in [7, 11) is 0. The summed E-state index contributed by atoms with van der Waals surface area (Å²) < 4.78 is 0. The van der Waals surface area contributed by atoms with Crippen molar-refractivity contribution in [1.29, 1.82) is 0 Å². The van der Waals surface area contributed by atoms with E-state index in [0.29, 0.717) is 0 Å². The standard InChI is InChI=1S/C18H16.C8H6N2/c1-3-7-15-13(5-1)9-11-18-16-8-4-2-6-14(16)10-12-17(15)18;1-3-7-4-2-6-10-8(7)9-5-1/h1,3,5,7,9-12H,2,4,6,8H2;1-6H. The van der Waals surface area contributed by atoms with Crippen molar-refractivity contribution in [2.24, 2.45) is 0 Å². The first-order valence-electron chi connectivity index (χ1n) is 9.98. The highest BCUT2D eigenvalue weighted by atomic mass is 14.8. The normalized spacial score (nSPS) is 13.1. The predicted octanol–water partition coefficient (Wildman–Crippen LogP) is 6.50. The van der Waals surface area contributed by atoms with Crippen molar-refractivity contribution >= 4 is 32.6 Å². The van der Waals surface area contributed by atoms with E-state index in [1.165, 1.54) is 47.2 Å². The minimum absolute atomic E-state index is 0.810. The molecule has 0 saturated heterocycles. The Bertz CT molecular complexity index is 1210. The smallest absolute Gasteiger partial charge is 0.159 e. The number of rotatable bonds is 0. The van der Waals surface area contributed by atoms with Gasteiger partial charge in [0, 0.05) is 17.8 Å². The van der Waals surface area contributed by atoms with Gasteiger partial charge in [-0.15, -0.1) is 0 Å². The van der Waals surface area contributed by atoms with Crippen molar-refractivity contribution in [3.8, 4) is 0 Å². The van der Waals surface area contributed by atoms with E-state index in [1.807, 2.05) is 24.3 Å². The molecule has 0 N–H and O–H groups in total. The number of nitrogens with zero attached hydrogens (tertiary/aromatic N) is 2. The van der Waals surface area contributed by atoms with Gasteiger partial charge in [-0.2, -0.15) is 0 Å². The minimum atomic E-state index is 0.810. The molecule has 6 rings (SSSR count). The summed E-state index contributed by atoms with van der Waals surface area (Å²) in [4.78, 5) is 8.14. The van der Waals surface area contributed by atoms with Crippen molar-refractivity contribution < 1.29 is 0 Å². The lowest BCUT2D eigenvalue weighted by Crippen LogP contribution is -2.02. The van der Waals surface area contributed by atoms with Crippen molar-refractivity contribution in [1.82, 2.24) is 9.97 Å². The second-order valence-electron chi connectivity index (χ2n) is 7.35. The summed E-state index contributed by atoms with van der Waals surface area (Å²) in [5, 5.41) is 6.73. The van der Waals surface area contributed by atoms with Crippen LogP contribution in [-0.2, 0) is 12.8 Å². The lowest BCUT2D eigenvalue weighted by atomic mass is 9.86. The molecule has 0 atom stereocenters. The third-order valence-corrected chi connectivity index (χ3v) is 5.63. The van der Waals surface area contributed by atoms with Gasteiger partial charge >= 0.3 is 0 Å². The molecular formula is C26H22N2. The van der Waals surface area contributed by atoms with Gasteiger partial charge < -0.3 is 0 Å². The highest BCUT2D eigenvalue weighted by Gasteiger charge is 2.13. The summed E-state index contributed by atoms with van der Waals surface area (Å²) >= 11 is 0. The first-order valence-corrected chi connectivity index (χ1v) is 9.98. The third-order valence-electron chi connectivity index (χ3n) is 5.63. The van der Waals surface area contributed by atoms with Crippen molar-refractivity contribution in [2.45, 2.75) is 25.7 Å². The van der Waals surface area contributed by atoms with Gasteiger partial charge in [0.1, 0.15) is 0 Å².